The van der Waals surface area contributed by atoms with E-state index in [1.54, 1.807) is 7.11 Å². The maximum Gasteiger partial charge on any atom is 0.119 e. The lowest BCUT2D eigenvalue weighted by molar-refractivity contribution is 0.414. The number of benzene rings is 2. The maximum absolute atomic E-state index is 5.33. The molecular weight excluding hydrogens is 282 g/mol. The van der Waals surface area contributed by atoms with Crippen molar-refractivity contribution < 1.29 is 4.74 Å². The fraction of sp³-hybridized carbons (Fsp3) is 0.429. The predicted molar refractivity (Wildman–Crippen MR) is 95.0 cm³/mol. The van der Waals surface area contributed by atoms with Gasteiger partial charge in [0.05, 0.1) is 13.2 Å². The average Bonchev–Trinajstić information content (AvgIpc) is 3.20. The molecule has 0 N–H and O–H groups in total. The molecule has 23 heavy (non-hydrogen) atoms. The Bertz CT molecular complexity index is 666. The molecule has 4 rings (SSSR count). The van der Waals surface area contributed by atoms with Crippen LogP contribution in [0.4, 0.5) is 5.69 Å². The third-order valence-corrected chi connectivity index (χ3v) is 5.72. The molecule has 0 amide bonds. The van der Waals surface area contributed by atoms with Gasteiger partial charge in [-0.2, -0.15) is 0 Å². The van der Waals surface area contributed by atoms with Crippen LogP contribution in [0.5, 0.6) is 5.75 Å². The van der Waals surface area contributed by atoms with Crippen LogP contribution in [-0.2, 0) is 0 Å². The van der Waals surface area contributed by atoms with Gasteiger partial charge in [0.2, 0.25) is 0 Å². The SMILES string of the molecule is CCC[C@@]12CC1CC(c1ccccc1)N2c1ccc(OC)cc1. The summed E-state index contributed by atoms with van der Waals surface area (Å²) in [7, 11) is 1.73. The van der Waals surface area contributed by atoms with E-state index < -0.39 is 0 Å². The second kappa shape index (κ2) is 5.59. The molecule has 1 saturated carbocycles. The highest BCUT2D eigenvalue weighted by atomic mass is 16.5. The number of piperidine rings is 1. The highest BCUT2D eigenvalue weighted by Gasteiger charge is 2.64. The lowest BCUT2D eigenvalue weighted by Crippen LogP contribution is -2.36. The number of methoxy groups -OCH3 is 1. The van der Waals surface area contributed by atoms with Crippen molar-refractivity contribution in [3.8, 4) is 5.75 Å². The Morgan fingerprint density at radius 3 is 2.48 bits per heavy atom. The summed E-state index contributed by atoms with van der Waals surface area (Å²) in [6, 6.07) is 20.2. The van der Waals surface area contributed by atoms with Crippen LogP contribution >= 0.6 is 0 Å². The Kier molecular flexibility index (Phi) is 3.56. The summed E-state index contributed by atoms with van der Waals surface area (Å²) in [5, 5.41) is 0. The zero-order valence-corrected chi connectivity index (χ0v) is 14.0. The molecule has 2 nitrogen and oxygen atoms in total. The van der Waals surface area contributed by atoms with E-state index in [0.717, 1.165) is 11.7 Å². The highest BCUT2D eigenvalue weighted by Crippen LogP contribution is 2.65. The van der Waals surface area contributed by atoms with Crippen molar-refractivity contribution in [3.05, 3.63) is 60.2 Å². The van der Waals surface area contributed by atoms with Gasteiger partial charge in [-0.15, -0.1) is 0 Å². The molecule has 2 aromatic carbocycles. The molecule has 1 heterocycles. The number of fused-ring (bicyclic) bond motifs is 1. The first kappa shape index (κ1) is 14.6. The molecule has 0 aromatic heterocycles. The third kappa shape index (κ3) is 2.32. The molecule has 1 saturated heterocycles. The topological polar surface area (TPSA) is 12.5 Å². The second-order valence-corrected chi connectivity index (χ2v) is 6.98. The summed E-state index contributed by atoms with van der Waals surface area (Å²) in [6.45, 7) is 2.31. The first-order valence-corrected chi connectivity index (χ1v) is 8.77. The second-order valence-electron chi connectivity index (χ2n) is 6.98. The fourth-order valence-corrected chi connectivity index (χ4v) is 4.65. The van der Waals surface area contributed by atoms with Gasteiger partial charge in [-0.25, -0.2) is 0 Å². The summed E-state index contributed by atoms with van der Waals surface area (Å²) < 4.78 is 5.33. The number of nitrogens with zero attached hydrogens (tertiary/aromatic N) is 1. The molecule has 2 unspecified atom stereocenters. The van der Waals surface area contributed by atoms with Gasteiger partial charge in [-0.1, -0.05) is 43.7 Å². The summed E-state index contributed by atoms with van der Waals surface area (Å²) in [6.07, 6.45) is 5.20. The molecule has 2 aliphatic rings. The standard InChI is InChI=1S/C21H25NO/c1-3-13-21-15-17(21)14-20(16-7-5-4-6-8-16)22(21)18-9-11-19(23-2)12-10-18/h4-12,17,20H,3,13-15H2,1-2H3/t17?,20?,21-/m1/s1. The zero-order chi connectivity index (χ0) is 15.9. The van der Waals surface area contributed by atoms with Crippen molar-refractivity contribution in [2.75, 3.05) is 12.0 Å². The highest BCUT2D eigenvalue weighted by molar-refractivity contribution is 5.58. The quantitative estimate of drug-likeness (QED) is 0.752. The Morgan fingerprint density at radius 2 is 1.83 bits per heavy atom. The van der Waals surface area contributed by atoms with Crippen LogP contribution < -0.4 is 9.64 Å². The van der Waals surface area contributed by atoms with Crippen molar-refractivity contribution in [2.24, 2.45) is 5.92 Å². The van der Waals surface area contributed by atoms with Gasteiger partial charge in [0.25, 0.3) is 0 Å². The van der Waals surface area contributed by atoms with Gasteiger partial charge < -0.3 is 9.64 Å². The molecule has 2 heteroatoms. The molecule has 120 valence electrons. The first-order valence-electron chi connectivity index (χ1n) is 8.77. The van der Waals surface area contributed by atoms with Gasteiger partial charge in [-0.05, 0) is 55.0 Å². The van der Waals surface area contributed by atoms with Gasteiger partial charge >= 0.3 is 0 Å². The molecule has 3 atom stereocenters. The van der Waals surface area contributed by atoms with E-state index in [0.29, 0.717) is 11.6 Å². The minimum absolute atomic E-state index is 0.393. The van der Waals surface area contributed by atoms with Crippen molar-refractivity contribution >= 4 is 5.69 Å². The lowest BCUT2D eigenvalue weighted by Gasteiger charge is -2.37. The van der Waals surface area contributed by atoms with Crippen LogP contribution in [-0.4, -0.2) is 12.6 Å². The smallest absolute Gasteiger partial charge is 0.119 e. The van der Waals surface area contributed by atoms with Crippen LogP contribution in [0.1, 0.15) is 44.2 Å². The maximum atomic E-state index is 5.33. The summed E-state index contributed by atoms with van der Waals surface area (Å²) in [5.74, 6) is 1.79. The van der Waals surface area contributed by atoms with Gasteiger partial charge in [0.1, 0.15) is 5.75 Å². The molecule has 0 bridgehead atoms. The van der Waals surface area contributed by atoms with Gasteiger partial charge in [-0.3, -0.25) is 0 Å². The number of ether oxygens (including phenoxy) is 1. The number of hydrogen-bond donors (Lipinski definition) is 0. The van der Waals surface area contributed by atoms with Crippen LogP contribution in [0.2, 0.25) is 0 Å². The Morgan fingerprint density at radius 1 is 1.09 bits per heavy atom. The Balaban J connectivity index is 1.73. The lowest BCUT2D eigenvalue weighted by atomic mass is 10.0. The third-order valence-electron chi connectivity index (χ3n) is 5.72. The van der Waals surface area contributed by atoms with Gasteiger partial charge in [0, 0.05) is 11.2 Å². The minimum atomic E-state index is 0.393. The fourth-order valence-electron chi connectivity index (χ4n) is 4.65. The molecule has 2 fully saturated rings. The molecule has 1 aliphatic heterocycles. The largest absolute Gasteiger partial charge is 0.497 e. The zero-order valence-electron chi connectivity index (χ0n) is 14.0. The van der Waals surface area contributed by atoms with Crippen LogP contribution in [0.3, 0.4) is 0 Å². The van der Waals surface area contributed by atoms with Crippen molar-refractivity contribution in [1.82, 2.24) is 0 Å². The number of anilines is 1. The summed E-state index contributed by atoms with van der Waals surface area (Å²) in [5.41, 5.74) is 3.18. The van der Waals surface area contributed by atoms with Crippen LogP contribution in [0.25, 0.3) is 0 Å². The average molecular weight is 307 g/mol. The van der Waals surface area contributed by atoms with E-state index in [-0.39, 0.29) is 0 Å². The monoisotopic (exact) mass is 307 g/mol. The molecule has 0 spiro atoms. The van der Waals surface area contributed by atoms with Crippen molar-refractivity contribution in [2.45, 2.75) is 44.2 Å². The Labute approximate surface area is 139 Å². The van der Waals surface area contributed by atoms with E-state index in [2.05, 4.69) is 66.4 Å². The molecular formula is C21H25NO. The minimum Gasteiger partial charge on any atom is -0.497 e. The van der Waals surface area contributed by atoms with Gasteiger partial charge in [0.15, 0.2) is 0 Å². The normalized spacial score (nSPS) is 28.5. The van der Waals surface area contributed by atoms with E-state index in [9.17, 15) is 0 Å². The number of rotatable bonds is 5. The van der Waals surface area contributed by atoms with E-state index in [4.69, 9.17) is 4.74 Å². The predicted octanol–water partition coefficient (Wildman–Crippen LogP) is 5.21. The van der Waals surface area contributed by atoms with E-state index >= 15 is 0 Å². The molecule has 2 aromatic rings. The molecule has 1 aliphatic carbocycles. The van der Waals surface area contributed by atoms with Crippen LogP contribution in [0.15, 0.2) is 54.6 Å². The molecule has 0 radical (unpaired) electrons. The van der Waals surface area contributed by atoms with Crippen LogP contribution in [0, 0.1) is 5.92 Å². The van der Waals surface area contributed by atoms with E-state index in [1.807, 2.05) is 0 Å². The summed E-state index contributed by atoms with van der Waals surface area (Å²) in [4.78, 5) is 2.72. The summed E-state index contributed by atoms with van der Waals surface area (Å²) >= 11 is 0. The van der Waals surface area contributed by atoms with E-state index in [1.165, 1.54) is 36.9 Å². The first-order chi connectivity index (χ1) is 11.3. The van der Waals surface area contributed by atoms with Crippen molar-refractivity contribution in [3.63, 3.8) is 0 Å². The Hall–Kier alpha value is -1.96. The number of hydrogen-bond acceptors (Lipinski definition) is 2. The van der Waals surface area contributed by atoms with Crippen molar-refractivity contribution in [1.29, 1.82) is 0 Å².